The lowest BCUT2D eigenvalue weighted by molar-refractivity contribution is 0.639. The van der Waals surface area contributed by atoms with Crippen LogP contribution >= 0.6 is 11.3 Å². The molecule has 1 aromatic heterocycles. The zero-order chi connectivity index (χ0) is 13.5. The lowest BCUT2D eigenvalue weighted by atomic mass is 10.0. The first-order valence-corrected chi connectivity index (χ1v) is 8.08. The molecule has 0 bridgehead atoms. The molecular formula is C17H23NS. The Kier molecular flexibility index (Phi) is 5.62. The number of unbranched alkanes of at least 4 members (excludes halogenated alkanes) is 1. The van der Waals surface area contributed by atoms with Crippen LogP contribution in [-0.4, -0.2) is 6.54 Å². The van der Waals surface area contributed by atoms with E-state index in [-0.39, 0.29) is 0 Å². The molecule has 102 valence electrons. The lowest BCUT2D eigenvalue weighted by Crippen LogP contribution is -2.21. The summed E-state index contributed by atoms with van der Waals surface area (Å²) in [4.78, 5) is 1.39. The number of aryl methyl sites for hydroxylation is 1. The second-order valence-corrected chi connectivity index (χ2v) is 5.83. The van der Waals surface area contributed by atoms with E-state index in [9.17, 15) is 0 Å². The molecule has 19 heavy (non-hydrogen) atoms. The molecule has 2 heteroatoms. The van der Waals surface area contributed by atoms with E-state index in [1.165, 1.54) is 35.3 Å². The molecule has 1 N–H and O–H groups in total. The SMILES string of the molecule is CCCCc1ccc(C(NCC)c2cccs2)cc1. The van der Waals surface area contributed by atoms with E-state index >= 15 is 0 Å². The molecule has 0 fully saturated rings. The molecule has 1 heterocycles. The fraction of sp³-hybridized carbons (Fsp3) is 0.412. The summed E-state index contributed by atoms with van der Waals surface area (Å²) in [6, 6.07) is 13.8. The average molecular weight is 273 g/mol. The van der Waals surface area contributed by atoms with E-state index in [1.807, 2.05) is 11.3 Å². The van der Waals surface area contributed by atoms with Gasteiger partial charge in [-0.2, -0.15) is 0 Å². The summed E-state index contributed by atoms with van der Waals surface area (Å²) in [7, 11) is 0. The van der Waals surface area contributed by atoms with Crippen molar-refractivity contribution in [3.63, 3.8) is 0 Å². The van der Waals surface area contributed by atoms with Crippen LogP contribution in [-0.2, 0) is 6.42 Å². The Morgan fingerprint density at radius 2 is 1.89 bits per heavy atom. The standard InChI is InChI=1S/C17H23NS/c1-3-5-7-14-9-11-15(12-10-14)17(18-4-2)16-8-6-13-19-16/h6,8-13,17-18H,3-5,7H2,1-2H3. The molecule has 2 aromatic rings. The summed E-state index contributed by atoms with van der Waals surface area (Å²) in [5, 5.41) is 5.72. The van der Waals surface area contributed by atoms with Gasteiger partial charge in [0.25, 0.3) is 0 Å². The highest BCUT2D eigenvalue weighted by Crippen LogP contribution is 2.26. The Bertz CT molecular complexity index is 459. The molecule has 0 aliphatic rings. The molecule has 0 aliphatic heterocycles. The molecular weight excluding hydrogens is 250 g/mol. The van der Waals surface area contributed by atoms with E-state index in [1.54, 1.807) is 0 Å². The van der Waals surface area contributed by atoms with Crippen molar-refractivity contribution in [3.8, 4) is 0 Å². The fourth-order valence-corrected chi connectivity index (χ4v) is 3.13. The van der Waals surface area contributed by atoms with Gasteiger partial charge in [0.1, 0.15) is 0 Å². The average Bonchev–Trinajstić information content (AvgIpc) is 2.97. The molecule has 1 aromatic carbocycles. The van der Waals surface area contributed by atoms with Crippen molar-refractivity contribution in [1.29, 1.82) is 0 Å². The van der Waals surface area contributed by atoms with Crippen LogP contribution in [0.3, 0.4) is 0 Å². The molecule has 0 saturated heterocycles. The Labute approximate surface area is 120 Å². The van der Waals surface area contributed by atoms with Crippen molar-refractivity contribution >= 4 is 11.3 Å². The zero-order valence-corrected chi connectivity index (χ0v) is 12.7. The summed E-state index contributed by atoms with van der Waals surface area (Å²) in [6.45, 7) is 5.39. The van der Waals surface area contributed by atoms with Gasteiger partial charge >= 0.3 is 0 Å². The van der Waals surface area contributed by atoms with Gasteiger partial charge in [0.15, 0.2) is 0 Å². The first-order chi connectivity index (χ1) is 9.35. The number of hydrogen-bond donors (Lipinski definition) is 1. The highest BCUT2D eigenvalue weighted by Gasteiger charge is 2.13. The number of benzene rings is 1. The quantitative estimate of drug-likeness (QED) is 0.765. The minimum Gasteiger partial charge on any atom is -0.306 e. The highest BCUT2D eigenvalue weighted by molar-refractivity contribution is 7.10. The van der Waals surface area contributed by atoms with E-state index in [0.29, 0.717) is 6.04 Å². The Morgan fingerprint density at radius 1 is 1.11 bits per heavy atom. The third-order valence-corrected chi connectivity index (χ3v) is 4.31. The van der Waals surface area contributed by atoms with Gasteiger partial charge in [-0.15, -0.1) is 11.3 Å². The lowest BCUT2D eigenvalue weighted by Gasteiger charge is -2.17. The van der Waals surface area contributed by atoms with Crippen LogP contribution in [0.25, 0.3) is 0 Å². The minimum atomic E-state index is 0.338. The number of rotatable bonds is 7. The summed E-state index contributed by atoms with van der Waals surface area (Å²) >= 11 is 1.82. The van der Waals surface area contributed by atoms with Crippen molar-refractivity contribution in [1.82, 2.24) is 5.32 Å². The maximum absolute atomic E-state index is 3.57. The van der Waals surface area contributed by atoms with Crippen molar-refractivity contribution < 1.29 is 0 Å². The predicted octanol–water partition coefficient (Wildman–Crippen LogP) is 4.79. The minimum absolute atomic E-state index is 0.338. The molecule has 0 aliphatic carbocycles. The monoisotopic (exact) mass is 273 g/mol. The number of hydrogen-bond acceptors (Lipinski definition) is 2. The van der Waals surface area contributed by atoms with Crippen molar-refractivity contribution in [3.05, 3.63) is 57.8 Å². The molecule has 1 unspecified atom stereocenters. The summed E-state index contributed by atoms with van der Waals surface area (Å²) in [6.07, 6.45) is 3.74. The first kappa shape index (κ1) is 14.3. The molecule has 2 rings (SSSR count). The van der Waals surface area contributed by atoms with Gasteiger partial charge in [0, 0.05) is 4.88 Å². The Balaban J connectivity index is 2.13. The third-order valence-electron chi connectivity index (χ3n) is 3.37. The second kappa shape index (κ2) is 7.46. The van der Waals surface area contributed by atoms with Crippen molar-refractivity contribution in [2.24, 2.45) is 0 Å². The summed E-state index contributed by atoms with van der Waals surface area (Å²) < 4.78 is 0. The van der Waals surface area contributed by atoms with Crippen LogP contribution in [0.5, 0.6) is 0 Å². The summed E-state index contributed by atoms with van der Waals surface area (Å²) in [5.41, 5.74) is 2.82. The summed E-state index contributed by atoms with van der Waals surface area (Å²) in [5.74, 6) is 0. The van der Waals surface area contributed by atoms with Crippen LogP contribution in [0.1, 0.15) is 48.7 Å². The van der Waals surface area contributed by atoms with Crippen LogP contribution in [0.15, 0.2) is 41.8 Å². The highest BCUT2D eigenvalue weighted by atomic mass is 32.1. The number of thiophene rings is 1. The van der Waals surface area contributed by atoms with Crippen LogP contribution in [0.4, 0.5) is 0 Å². The van der Waals surface area contributed by atoms with Gasteiger partial charge in [0.2, 0.25) is 0 Å². The van der Waals surface area contributed by atoms with E-state index in [4.69, 9.17) is 0 Å². The maximum atomic E-state index is 3.57. The number of nitrogens with one attached hydrogen (secondary N) is 1. The largest absolute Gasteiger partial charge is 0.306 e. The van der Waals surface area contributed by atoms with E-state index in [2.05, 4.69) is 60.9 Å². The van der Waals surface area contributed by atoms with E-state index in [0.717, 1.165) is 6.54 Å². The normalized spacial score (nSPS) is 12.5. The van der Waals surface area contributed by atoms with Gasteiger partial charge in [-0.1, -0.05) is 50.6 Å². The van der Waals surface area contributed by atoms with Crippen molar-refractivity contribution in [2.45, 2.75) is 39.2 Å². The molecule has 0 radical (unpaired) electrons. The van der Waals surface area contributed by atoms with E-state index < -0.39 is 0 Å². The zero-order valence-electron chi connectivity index (χ0n) is 11.9. The molecule has 0 spiro atoms. The maximum Gasteiger partial charge on any atom is 0.0670 e. The Morgan fingerprint density at radius 3 is 2.47 bits per heavy atom. The predicted molar refractivity (Wildman–Crippen MR) is 84.9 cm³/mol. The van der Waals surface area contributed by atoms with Crippen LogP contribution < -0.4 is 5.32 Å². The van der Waals surface area contributed by atoms with Gasteiger partial charge in [-0.05, 0) is 42.0 Å². The molecule has 0 amide bonds. The van der Waals surface area contributed by atoms with Gasteiger partial charge in [-0.3, -0.25) is 0 Å². The Hall–Kier alpha value is -1.12. The van der Waals surface area contributed by atoms with Crippen LogP contribution in [0.2, 0.25) is 0 Å². The first-order valence-electron chi connectivity index (χ1n) is 7.20. The van der Waals surface area contributed by atoms with Gasteiger partial charge in [0.05, 0.1) is 6.04 Å². The molecule has 1 atom stereocenters. The van der Waals surface area contributed by atoms with Gasteiger partial charge in [-0.25, -0.2) is 0 Å². The van der Waals surface area contributed by atoms with Gasteiger partial charge < -0.3 is 5.32 Å². The third kappa shape index (κ3) is 3.92. The second-order valence-electron chi connectivity index (χ2n) is 4.85. The smallest absolute Gasteiger partial charge is 0.0670 e. The van der Waals surface area contributed by atoms with Crippen molar-refractivity contribution in [2.75, 3.05) is 6.54 Å². The van der Waals surface area contributed by atoms with Crippen LogP contribution in [0, 0.1) is 0 Å². The molecule has 0 saturated carbocycles. The fourth-order valence-electron chi connectivity index (χ4n) is 2.30. The topological polar surface area (TPSA) is 12.0 Å². The molecule has 1 nitrogen and oxygen atoms in total.